The molecule has 3 N–H and O–H groups in total. The molecule has 1 aliphatic rings. The number of amides is 2. The van der Waals surface area contributed by atoms with E-state index < -0.39 is 42.4 Å². The number of nitrogens with one attached hydrogen (secondary N) is 1. The first kappa shape index (κ1) is 18.2. The van der Waals surface area contributed by atoms with Gasteiger partial charge in [0.2, 0.25) is 11.8 Å². The van der Waals surface area contributed by atoms with Crippen molar-refractivity contribution in [2.45, 2.75) is 38.0 Å². The number of nitrogens with two attached hydrogens (primary N) is 1. The lowest BCUT2D eigenvalue weighted by Gasteiger charge is -2.27. The fraction of sp³-hybridized carbons (Fsp3) is 0.467. The second-order valence-electron chi connectivity index (χ2n) is 5.51. The van der Waals surface area contributed by atoms with Gasteiger partial charge in [0.1, 0.15) is 18.4 Å². The maximum Gasteiger partial charge on any atom is 0.405 e. The van der Waals surface area contributed by atoms with E-state index in [1.807, 2.05) is 0 Å². The molecule has 0 aromatic heterocycles. The van der Waals surface area contributed by atoms with E-state index in [4.69, 9.17) is 5.73 Å². The van der Waals surface area contributed by atoms with Crippen LogP contribution in [0.25, 0.3) is 0 Å². The summed E-state index contributed by atoms with van der Waals surface area (Å²) in [4.78, 5) is 25.6. The molecule has 1 aliphatic heterocycles. The van der Waals surface area contributed by atoms with Crippen molar-refractivity contribution in [1.82, 2.24) is 5.32 Å². The fourth-order valence-electron chi connectivity index (χ4n) is 2.57. The van der Waals surface area contributed by atoms with E-state index in [0.717, 1.165) is 11.0 Å². The van der Waals surface area contributed by atoms with Crippen LogP contribution in [-0.2, 0) is 16.0 Å². The van der Waals surface area contributed by atoms with Crippen molar-refractivity contribution in [2.24, 2.45) is 5.73 Å². The Bertz CT molecular complexity index is 648. The average molecular weight is 347 g/mol. The molecule has 0 radical (unpaired) electrons. The van der Waals surface area contributed by atoms with Gasteiger partial charge in [-0.15, -0.1) is 0 Å². The molecule has 0 fully saturated rings. The van der Waals surface area contributed by atoms with Gasteiger partial charge in [-0.05, 0) is 18.6 Å². The molecule has 1 aromatic rings. The van der Waals surface area contributed by atoms with Gasteiger partial charge in [0.15, 0.2) is 0 Å². The van der Waals surface area contributed by atoms with Crippen LogP contribution in [0.5, 0.6) is 0 Å². The summed E-state index contributed by atoms with van der Waals surface area (Å²) in [5.74, 6) is -2.25. The molecule has 132 valence electrons. The highest BCUT2D eigenvalue weighted by Gasteiger charge is 2.41. The zero-order valence-corrected chi connectivity index (χ0v) is 12.9. The fourth-order valence-corrected chi connectivity index (χ4v) is 2.57. The number of benzene rings is 1. The molecule has 0 aliphatic carbocycles. The Kier molecular flexibility index (Phi) is 5.12. The summed E-state index contributed by atoms with van der Waals surface area (Å²) in [7, 11) is 0. The first-order valence-electron chi connectivity index (χ1n) is 7.36. The molecule has 0 saturated heterocycles. The monoisotopic (exact) mass is 347 g/mol. The summed E-state index contributed by atoms with van der Waals surface area (Å²) >= 11 is 0. The van der Waals surface area contributed by atoms with Gasteiger partial charge in [0.25, 0.3) is 0 Å². The highest BCUT2D eigenvalue weighted by molar-refractivity contribution is 6.05. The molecule has 2 amide bonds. The zero-order chi connectivity index (χ0) is 18.1. The largest absolute Gasteiger partial charge is 0.405 e. The number of anilines is 1. The summed E-state index contributed by atoms with van der Waals surface area (Å²) in [5.41, 5.74) is 5.98. The van der Waals surface area contributed by atoms with Crippen molar-refractivity contribution in [3.8, 4) is 0 Å². The SMILES string of the molecule is CC[C@H](N)C(=O)N1c2cccc(F)c2C[C@@H]1C(=O)NCC(F)(F)F. The normalized spacial score (nSPS) is 18.2. The standard InChI is InChI=1S/C15H17F4N3O2/c1-2-10(20)14(24)22-11-5-3-4-9(16)8(11)6-12(22)13(23)21-7-15(17,18)19/h3-5,10,12H,2,6-7,20H2,1H3,(H,21,23)/t10-,12+/m0/s1. The van der Waals surface area contributed by atoms with E-state index in [9.17, 15) is 27.2 Å². The minimum absolute atomic E-state index is 0.112. The first-order chi connectivity index (χ1) is 11.2. The molecular weight excluding hydrogens is 330 g/mol. The molecule has 5 nitrogen and oxygen atoms in total. The van der Waals surface area contributed by atoms with Crippen LogP contribution in [0.15, 0.2) is 18.2 Å². The molecule has 0 bridgehead atoms. The predicted molar refractivity (Wildman–Crippen MR) is 78.7 cm³/mol. The Morgan fingerprint density at radius 2 is 2.08 bits per heavy atom. The van der Waals surface area contributed by atoms with E-state index >= 15 is 0 Å². The Morgan fingerprint density at radius 3 is 2.67 bits per heavy atom. The van der Waals surface area contributed by atoms with E-state index in [1.165, 1.54) is 12.1 Å². The van der Waals surface area contributed by atoms with Crippen molar-refractivity contribution in [3.05, 3.63) is 29.6 Å². The van der Waals surface area contributed by atoms with Crippen LogP contribution in [0.2, 0.25) is 0 Å². The number of carbonyl (C=O) groups excluding carboxylic acids is 2. The number of rotatable bonds is 4. The maximum absolute atomic E-state index is 13.9. The van der Waals surface area contributed by atoms with Gasteiger partial charge in [-0.25, -0.2) is 4.39 Å². The Labute approximate surface area is 135 Å². The van der Waals surface area contributed by atoms with Gasteiger partial charge in [0.05, 0.1) is 11.7 Å². The minimum atomic E-state index is -4.58. The summed E-state index contributed by atoms with van der Waals surface area (Å²) in [6.07, 6.45) is -4.51. The lowest BCUT2D eigenvalue weighted by atomic mass is 10.1. The highest BCUT2D eigenvalue weighted by Crippen LogP contribution is 2.34. The predicted octanol–water partition coefficient (Wildman–Crippen LogP) is 1.50. The summed E-state index contributed by atoms with van der Waals surface area (Å²) in [5, 5.41) is 1.74. The molecule has 1 heterocycles. The number of nitrogens with zero attached hydrogens (tertiary/aromatic N) is 1. The van der Waals surface area contributed by atoms with Crippen LogP contribution in [-0.4, -0.2) is 36.6 Å². The lowest BCUT2D eigenvalue weighted by Crippen LogP contribution is -2.53. The lowest BCUT2D eigenvalue weighted by molar-refractivity contribution is -0.139. The van der Waals surface area contributed by atoms with Gasteiger partial charge in [0, 0.05) is 12.0 Å². The van der Waals surface area contributed by atoms with Crippen LogP contribution in [0.4, 0.5) is 23.2 Å². The molecule has 0 saturated carbocycles. The molecule has 9 heteroatoms. The van der Waals surface area contributed by atoms with Gasteiger partial charge in [-0.2, -0.15) is 13.2 Å². The van der Waals surface area contributed by atoms with Gasteiger partial charge in [-0.1, -0.05) is 13.0 Å². The molecule has 24 heavy (non-hydrogen) atoms. The van der Waals surface area contributed by atoms with Crippen molar-refractivity contribution in [3.63, 3.8) is 0 Å². The van der Waals surface area contributed by atoms with E-state index in [-0.39, 0.29) is 24.1 Å². The third-order valence-corrected chi connectivity index (χ3v) is 3.82. The Hall–Kier alpha value is -2.16. The van der Waals surface area contributed by atoms with E-state index in [2.05, 4.69) is 0 Å². The van der Waals surface area contributed by atoms with Crippen molar-refractivity contribution >= 4 is 17.5 Å². The number of alkyl halides is 3. The first-order valence-corrected chi connectivity index (χ1v) is 7.36. The zero-order valence-electron chi connectivity index (χ0n) is 12.9. The third-order valence-electron chi connectivity index (χ3n) is 3.82. The minimum Gasteiger partial charge on any atom is -0.345 e. The van der Waals surface area contributed by atoms with Crippen molar-refractivity contribution in [1.29, 1.82) is 0 Å². The molecular formula is C15H17F4N3O2. The van der Waals surface area contributed by atoms with Crippen molar-refractivity contribution < 1.29 is 27.2 Å². The number of hydrogen-bond donors (Lipinski definition) is 2. The third kappa shape index (κ3) is 3.66. The quantitative estimate of drug-likeness (QED) is 0.811. The topological polar surface area (TPSA) is 75.4 Å². The highest BCUT2D eigenvalue weighted by atomic mass is 19.4. The van der Waals surface area contributed by atoms with Crippen molar-refractivity contribution in [2.75, 3.05) is 11.4 Å². The maximum atomic E-state index is 13.9. The molecule has 2 rings (SSSR count). The van der Waals surface area contributed by atoms with Gasteiger partial charge in [-0.3, -0.25) is 14.5 Å². The molecule has 1 aromatic carbocycles. The van der Waals surface area contributed by atoms with Crippen LogP contribution in [0.3, 0.4) is 0 Å². The van der Waals surface area contributed by atoms with Gasteiger partial charge < -0.3 is 11.1 Å². The second kappa shape index (κ2) is 6.76. The van der Waals surface area contributed by atoms with Crippen LogP contribution >= 0.6 is 0 Å². The molecule has 0 spiro atoms. The number of fused-ring (bicyclic) bond motifs is 1. The van der Waals surface area contributed by atoms with Crippen LogP contribution in [0.1, 0.15) is 18.9 Å². The Morgan fingerprint density at radius 1 is 1.42 bits per heavy atom. The Balaban J connectivity index is 2.31. The molecule has 0 unspecified atom stereocenters. The van der Waals surface area contributed by atoms with Crippen LogP contribution in [0, 0.1) is 5.82 Å². The number of carbonyl (C=O) groups is 2. The summed E-state index contributed by atoms with van der Waals surface area (Å²) in [6.45, 7) is 0.132. The summed E-state index contributed by atoms with van der Waals surface area (Å²) in [6, 6.07) is 1.77. The smallest absolute Gasteiger partial charge is 0.345 e. The number of hydrogen-bond acceptors (Lipinski definition) is 3. The summed E-state index contributed by atoms with van der Waals surface area (Å²) < 4.78 is 50.8. The molecule has 2 atom stereocenters. The van der Waals surface area contributed by atoms with Gasteiger partial charge >= 0.3 is 6.18 Å². The second-order valence-corrected chi connectivity index (χ2v) is 5.51. The average Bonchev–Trinajstić information content (AvgIpc) is 2.91. The number of halogens is 4. The van der Waals surface area contributed by atoms with Crippen LogP contribution < -0.4 is 16.0 Å². The van der Waals surface area contributed by atoms with E-state index in [1.54, 1.807) is 12.2 Å². The van der Waals surface area contributed by atoms with E-state index in [0.29, 0.717) is 0 Å².